The molecule has 1 fully saturated rings. The number of aromatic nitrogens is 2. The molecule has 0 saturated carbocycles. The fourth-order valence-corrected chi connectivity index (χ4v) is 3.33. The number of carbonyl (C=O) groups is 1. The van der Waals surface area contributed by atoms with Crippen molar-refractivity contribution >= 4 is 5.91 Å². The largest absolute Gasteiger partial charge is 0.356 e. The Labute approximate surface area is 148 Å². The van der Waals surface area contributed by atoms with Crippen LogP contribution in [0.3, 0.4) is 0 Å². The maximum Gasteiger partial charge on any atom is 0.257 e. The molecule has 2 aromatic rings. The summed E-state index contributed by atoms with van der Waals surface area (Å²) in [5.74, 6) is 1.35. The van der Waals surface area contributed by atoms with Crippen LogP contribution < -0.4 is 5.32 Å². The summed E-state index contributed by atoms with van der Waals surface area (Å²) in [4.78, 5) is 19.2. The number of piperidine rings is 1. The van der Waals surface area contributed by atoms with E-state index in [1.807, 2.05) is 30.3 Å². The zero-order chi connectivity index (χ0) is 17.7. The SMILES string of the molecule is CCCNC(=O)C1(C)CCCN(Cc2noc(-c3ccccc3)n2)C1. The van der Waals surface area contributed by atoms with Crippen LogP contribution in [0.4, 0.5) is 0 Å². The van der Waals surface area contributed by atoms with E-state index < -0.39 is 0 Å². The molecule has 0 bridgehead atoms. The van der Waals surface area contributed by atoms with Gasteiger partial charge >= 0.3 is 0 Å². The van der Waals surface area contributed by atoms with Gasteiger partial charge in [0.15, 0.2) is 5.82 Å². The average molecular weight is 342 g/mol. The summed E-state index contributed by atoms with van der Waals surface area (Å²) in [5.41, 5.74) is 0.572. The molecule has 25 heavy (non-hydrogen) atoms. The second-order valence-electron chi connectivity index (χ2n) is 7.01. The van der Waals surface area contributed by atoms with Gasteiger partial charge in [0, 0.05) is 18.7 Å². The molecule has 0 aliphatic carbocycles. The molecule has 1 atom stereocenters. The summed E-state index contributed by atoms with van der Waals surface area (Å²) in [6.45, 7) is 7.13. The smallest absolute Gasteiger partial charge is 0.257 e. The number of nitrogens with one attached hydrogen (secondary N) is 1. The predicted octanol–water partition coefficient (Wildman–Crippen LogP) is 2.86. The van der Waals surface area contributed by atoms with Gasteiger partial charge in [0.05, 0.1) is 12.0 Å². The van der Waals surface area contributed by atoms with Crippen LogP contribution in [0.1, 0.15) is 38.9 Å². The number of hydrogen-bond acceptors (Lipinski definition) is 5. The van der Waals surface area contributed by atoms with Crippen molar-refractivity contribution in [2.45, 2.75) is 39.7 Å². The zero-order valence-electron chi connectivity index (χ0n) is 15.0. The Morgan fingerprint density at radius 1 is 1.36 bits per heavy atom. The molecule has 1 unspecified atom stereocenters. The Balaban J connectivity index is 1.63. The van der Waals surface area contributed by atoms with Crippen molar-refractivity contribution < 1.29 is 9.32 Å². The first-order valence-electron chi connectivity index (χ1n) is 8.99. The van der Waals surface area contributed by atoms with Crippen LogP contribution in [-0.2, 0) is 11.3 Å². The van der Waals surface area contributed by atoms with E-state index in [1.165, 1.54) is 0 Å². The van der Waals surface area contributed by atoms with Crippen molar-refractivity contribution in [2.24, 2.45) is 5.41 Å². The van der Waals surface area contributed by atoms with Gasteiger partial charge in [-0.1, -0.05) is 30.3 Å². The van der Waals surface area contributed by atoms with E-state index in [0.717, 1.165) is 44.5 Å². The molecule has 1 aliphatic heterocycles. The van der Waals surface area contributed by atoms with Crippen LogP contribution >= 0.6 is 0 Å². The first-order valence-corrected chi connectivity index (χ1v) is 8.99. The second kappa shape index (κ2) is 7.78. The predicted molar refractivity (Wildman–Crippen MR) is 95.7 cm³/mol. The third-order valence-corrected chi connectivity index (χ3v) is 4.71. The minimum Gasteiger partial charge on any atom is -0.356 e. The minimum atomic E-state index is -0.348. The highest BCUT2D eigenvalue weighted by Crippen LogP contribution is 2.30. The summed E-state index contributed by atoms with van der Waals surface area (Å²) in [5, 5.41) is 7.14. The first-order chi connectivity index (χ1) is 12.1. The van der Waals surface area contributed by atoms with Crippen molar-refractivity contribution in [3.8, 4) is 11.5 Å². The maximum atomic E-state index is 12.5. The van der Waals surface area contributed by atoms with Crippen molar-refractivity contribution in [1.82, 2.24) is 20.4 Å². The van der Waals surface area contributed by atoms with E-state index in [0.29, 0.717) is 18.3 Å². The highest BCUT2D eigenvalue weighted by molar-refractivity contribution is 5.82. The fraction of sp³-hybridized carbons (Fsp3) is 0.526. The lowest BCUT2D eigenvalue weighted by atomic mass is 9.81. The molecular formula is C19H26N4O2. The van der Waals surface area contributed by atoms with Crippen LogP contribution in [0.2, 0.25) is 0 Å². The van der Waals surface area contributed by atoms with E-state index in [1.54, 1.807) is 0 Å². The number of nitrogens with zero attached hydrogens (tertiary/aromatic N) is 3. The highest BCUT2D eigenvalue weighted by atomic mass is 16.5. The molecule has 134 valence electrons. The van der Waals surface area contributed by atoms with Crippen LogP contribution in [0.25, 0.3) is 11.5 Å². The van der Waals surface area contributed by atoms with E-state index in [9.17, 15) is 4.79 Å². The van der Waals surface area contributed by atoms with Crippen LogP contribution in [0, 0.1) is 5.41 Å². The Bertz CT molecular complexity index is 700. The third-order valence-electron chi connectivity index (χ3n) is 4.71. The molecule has 1 aliphatic rings. The van der Waals surface area contributed by atoms with Crippen LogP contribution in [0.5, 0.6) is 0 Å². The van der Waals surface area contributed by atoms with E-state index >= 15 is 0 Å². The summed E-state index contributed by atoms with van der Waals surface area (Å²) < 4.78 is 5.38. The van der Waals surface area contributed by atoms with Gasteiger partial charge in [-0.15, -0.1) is 0 Å². The average Bonchev–Trinajstić information content (AvgIpc) is 3.09. The van der Waals surface area contributed by atoms with Crippen molar-refractivity contribution in [3.63, 3.8) is 0 Å². The van der Waals surface area contributed by atoms with Gasteiger partial charge < -0.3 is 9.84 Å². The molecular weight excluding hydrogens is 316 g/mol. The van der Waals surface area contributed by atoms with Gasteiger partial charge in [0.1, 0.15) is 0 Å². The van der Waals surface area contributed by atoms with Gasteiger partial charge in [0.25, 0.3) is 5.89 Å². The Hall–Kier alpha value is -2.21. The number of benzene rings is 1. The van der Waals surface area contributed by atoms with Gasteiger partial charge in [-0.05, 0) is 44.9 Å². The Morgan fingerprint density at radius 2 is 2.16 bits per heavy atom. The minimum absolute atomic E-state index is 0.150. The zero-order valence-corrected chi connectivity index (χ0v) is 15.0. The summed E-state index contributed by atoms with van der Waals surface area (Å²) >= 11 is 0. The quantitative estimate of drug-likeness (QED) is 0.874. The monoisotopic (exact) mass is 342 g/mol. The molecule has 6 nitrogen and oxygen atoms in total. The number of hydrogen-bond donors (Lipinski definition) is 1. The van der Waals surface area contributed by atoms with Gasteiger partial charge in [-0.25, -0.2) is 0 Å². The van der Waals surface area contributed by atoms with Crippen molar-refractivity contribution in [1.29, 1.82) is 0 Å². The maximum absolute atomic E-state index is 12.5. The van der Waals surface area contributed by atoms with E-state index in [2.05, 4.69) is 34.2 Å². The third kappa shape index (κ3) is 4.25. The molecule has 6 heteroatoms. The number of likely N-dealkylation sites (tertiary alicyclic amines) is 1. The topological polar surface area (TPSA) is 71.3 Å². The van der Waals surface area contributed by atoms with E-state index in [4.69, 9.17) is 4.52 Å². The van der Waals surface area contributed by atoms with Gasteiger partial charge in [0.2, 0.25) is 5.91 Å². The van der Waals surface area contributed by atoms with E-state index in [-0.39, 0.29) is 11.3 Å². The van der Waals surface area contributed by atoms with Crippen LogP contribution in [-0.4, -0.2) is 40.6 Å². The molecule has 1 N–H and O–H groups in total. The molecule has 1 amide bonds. The molecule has 0 radical (unpaired) electrons. The Kier molecular flexibility index (Phi) is 5.48. The molecule has 0 spiro atoms. The highest BCUT2D eigenvalue weighted by Gasteiger charge is 2.37. The van der Waals surface area contributed by atoms with Crippen LogP contribution in [0.15, 0.2) is 34.9 Å². The molecule has 1 saturated heterocycles. The number of carbonyl (C=O) groups excluding carboxylic acids is 1. The van der Waals surface area contributed by atoms with Gasteiger partial charge in [-0.2, -0.15) is 4.98 Å². The molecule has 3 rings (SSSR count). The number of rotatable bonds is 6. The molecule has 2 heterocycles. The van der Waals surface area contributed by atoms with Crippen molar-refractivity contribution in [2.75, 3.05) is 19.6 Å². The molecule has 1 aromatic carbocycles. The first kappa shape index (κ1) is 17.6. The Morgan fingerprint density at radius 3 is 2.92 bits per heavy atom. The lowest BCUT2D eigenvalue weighted by Gasteiger charge is -2.38. The summed E-state index contributed by atoms with van der Waals surface area (Å²) in [6.07, 6.45) is 2.87. The summed E-state index contributed by atoms with van der Waals surface area (Å²) in [6, 6.07) is 9.76. The summed E-state index contributed by atoms with van der Waals surface area (Å²) in [7, 11) is 0. The van der Waals surface area contributed by atoms with Crippen molar-refractivity contribution in [3.05, 3.63) is 36.2 Å². The standard InChI is InChI=1S/C19H26N4O2/c1-3-11-20-18(24)19(2)10-7-12-23(14-19)13-16-21-17(25-22-16)15-8-5-4-6-9-15/h4-6,8-9H,3,7,10-14H2,1-2H3,(H,20,24). The lowest BCUT2D eigenvalue weighted by Crippen LogP contribution is -2.50. The second-order valence-corrected chi connectivity index (χ2v) is 7.01. The molecule has 1 aromatic heterocycles. The fourth-order valence-electron chi connectivity index (χ4n) is 3.33. The van der Waals surface area contributed by atoms with Gasteiger partial charge in [-0.3, -0.25) is 9.69 Å². The lowest BCUT2D eigenvalue weighted by molar-refractivity contribution is -0.133. The normalized spacial score (nSPS) is 21.2. The number of amides is 1.